The molecule has 0 amide bonds. The van der Waals surface area contributed by atoms with Crippen LogP contribution >= 0.6 is 0 Å². The van der Waals surface area contributed by atoms with E-state index in [1.807, 2.05) is 0 Å². The van der Waals surface area contributed by atoms with Gasteiger partial charge in [0.05, 0.1) is 0 Å². The summed E-state index contributed by atoms with van der Waals surface area (Å²) in [5.41, 5.74) is 0. The van der Waals surface area contributed by atoms with Crippen molar-refractivity contribution >= 4 is 21.0 Å². The van der Waals surface area contributed by atoms with Crippen molar-refractivity contribution in [1.29, 1.82) is 0 Å². The van der Waals surface area contributed by atoms with Gasteiger partial charge < -0.3 is 0 Å². The van der Waals surface area contributed by atoms with Crippen LogP contribution in [-0.4, -0.2) is 21.0 Å². The molecule has 38 valence electrons. The van der Waals surface area contributed by atoms with E-state index in [-0.39, 0.29) is 0 Å². The Morgan fingerprint density at radius 3 is 1.33 bits per heavy atom. The fraction of sp³-hybridized carbons (Fsp3) is 1.00. The fourth-order valence-electron chi connectivity index (χ4n) is 0. The molecular weight excluding hydrogens is 155 g/mol. The molecule has 6 heavy (non-hydrogen) atoms. The minimum absolute atomic E-state index is 0.569. The molecule has 0 heterocycles. The average Bonchev–Trinajstić information content (AvgIpc) is 1.35. The molecule has 0 bridgehead atoms. The Kier molecular flexibility index (Phi) is 2.41. The zero-order chi connectivity index (χ0) is 5.21. The van der Waals surface area contributed by atoms with E-state index >= 15 is 0 Å². The van der Waals surface area contributed by atoms with Gasteiger partial charge >= 0.3 is 46.5 Å². The van der Waals surface area contributed by atoms with Gasteiger partial charge in [0.1, 0.15) is 0 Å². The van der Waals surface area contributed by atoms with Gasteiger partial charge in [-0.15, -0.1) is 0 Å². The molecule has 0 saturated carbocycles. The molecule has 0 aromatic carbocycles. The zero-order valence-corrected chi connectivity index (χ0v) is 7.62. The third-order valence-electron chi connectivity index (χ3n) is 0.612. The second kappa shape index (κ2) is 2.15. The Morgan fingerprint density at radius 2 is 1.33 bits per heavy atom. The van der Waals surface area contributed by atoms with E-state index in [0.29, 0.717) is 0 Å². The monoisotopic (exact) mass is 168 g/mol. The van der Waals surface area contributed by atoms with Crippen LogP contribution in [0.5, 0.6) is 0 Å². The van der Waals surface area contributed by atoms with Gasteiger partial charge in [0.15, 0.2) is 0 Å². The molecule has 0 aliphatic rings. The molecule has 0 aliphatic heterocycles. The molecule has 2 heteroatoms. The van der Waals surface area contributed by atoms with E-state index in [2.05, 4.69) is 25.5 Å². The van der Waals surface area contributed by atoms with Crippen molar-refractivity contribution in [3.63, 3.8) is 0 Å². The standard InChI is InChI=1S/C4H12SeSi/c1-5-6(2,3)4/h1-4H3. The van der Waals surface area contributed by atoms with Gasteiger partial charge in [-0.2, -0.15) is 0 Å². The van der Waals surface area contributed by atoms with Crippen molar-refractivity contribution in [3.8, 4) is 0 Å². The van der Waals surface area contributed by atoms with Crippen LogP contribution in [0.15, 0.2) is 0 Å². The summed E-state index contributed by atoms with van der Waals surface area (Å²) < 4.78 is 0. The van der Waals surface area contributed by atoms with Gasteiger partial charge in [-0.05, 0) is 0 Å². The summed E-state index contributed by atoms with van der Waals surface area (Å²) in [4.78, 5) is 0. The predicted octanol–water partition coefficient (Wildman–Crippen LogP) is 1.57. The maximum atomic E-state index is 2.41. The summed E-state index contributed by atoms with van der Waals surface area (Å²) >= 11 is 0.951. The Labute approximate surface area is 46.9 Å². The number of hydrogen-bond donors (Lipinski definition) is 0. The van der Waals surface area contributed by atoms with E-state index in [1.165, 1.54) is 0 Å². The van der Waals surface area contributed by atoms with Crippen molar-refractivity contribution in [3.05, 3.63) is 0 Å². The van der Waals surface area contributed by atoms with Crippen LogP contribution in [0, 0.1) is 0 Å². The Bertz CT molecular complexity index is 37.3. The first kappa shape index (κ1) is 6.74. The Morgan fingerprint density at radius 1 is 1.17 bits per heavy atom. The van der Waals surface area contributed by atoms with Gasteiger partial charge in [-0.1, -0.05) is 0 Å². The van der Waals surface area contributed by atoms with Crippen molar-refractivity contribution in [2.24, 2.45) is 0 Å². The van der Waals surface area contributed by atoms with Gasteiger partial charge in [0.25, 0.3) is 0 Å². The van der Waals surface area contributed by atoms with Crippen LogP contribution < -0.4 is 0 Å². The molecule has 0 aromatic rings. The molecule has 0 N–H and O–H groups in total. The molecule has 0 saturated heterocycles. The first-order valence-corrected chi connectivity index (χ1v) is 9.80. The van der Waals surface area contributed by atoms with Gasteiger partial charge in [0, 0.05) is 0 Å². The van der Waals surface area contributed by atoms with Gasteiger partial charge in [-0.25, -0.2) is 0 Å². The summed E-state index contributed by atoms with van der Waals surface area (Å²) in [6.07, 6.45) is 0. The molecule has 0 rings (SSSR count). The fourth-order valence-corrected chi connectivity index (χ4v) is 0. The molecule has 0 nitrogen and oxygen atoms in total. The topological polar surface area (TPSA) is 0 Å². The van der Waals surface area contributed by atoms with E-state index in [4.69, 9.17) is 0 Å². The normalized spacial score (nSPS) is 12.0. The van der Waals surface area contributed by atoms with E-state index in [0.717, 1.165) is 14.3 Å². The van der Waals surface area contributed by atoms with E-state index < -0.39 is 6.68 Å². The second-order valence-electron chi connectivity index (χ2n) is 2.32. The molecule has 0 spiro atoms. The molecule has 0 aliphatic carbocycles. The molecule has 0 unspecified atom stereocenters. The van der Waals surface area contributed by atoms with Crippen molar-refractivity contribution < 1.29 is 0 Å². The van der Waals surface area contributed by atoms with Crippen LogP contribution in [0.4, 0.5) is 0 Å². The molecule has 0 aromatic heterocycles. The Balaban J connectivity index is 3.17. The summed E-state index contributed by atoms with van der Waals surface area (Å²) in [7, 11) is 0. The van der Waals surface area contributed by atoms with Crippen LogP contribution in [0.25, 0.3) is 0 Å². The van der Waals surface area contributed by atoms with Crippen molar-refractivity contribution in [2.45, 2.75) is 25.5 Å². The Hall–Kier alpha value is 0.736. The van der Waals surface area contributed by atoms with E-state index in [1.54, 1.807) is 0 Å². The van der Waals surface area contributed by atoms with Crippen LogP contribution in [0.2, 0.25) is 25.5 Å². The summed E-state index contributed by atoms with van der Waals surface area (Å²) in [6, 6.07) is 0. The van der Waals surface area contributed by atoms with Crippen LogP contribution in [-0.2, 0) is 0 Å². The molecular formula is C4H12SeSi. The van der Waals surface area contributed by atoms with E-state index in [9.17, 15) is 0 Å². The van der Waals surface area contributed by atoms with Crippen molar-refractivity contribution in [1.82, 2.24) is 0 Å². The quantitative estimate of drug-likeness (QED) is 0.520. The van der Waals surface area contributed by atoms with Crippen molar-refractivity contribution in [2.75, 3.05) is 0 Å². The van der Waals surface area contributed by atoms with Crippen LogP contribution in [0.1, 0.15) is 0 Å². The predicted molar refractivity (Wildman–Crippen MR) is 35.0 cm³/mol. The number of hydrogen-bond acceptors (Lipinski definition) is 0. The first-order valence-electron chi connectivity index (χ1n) is 2.11. The average molecular weight is 167 g/mol. The first-order chi connectivity index (χ1) is 2.56. The summed E-state index contributed by atoms with van der Waals surface area (Å²) in [6.45, 7) is 6.66. The summed E-state index contributed by atoms with van der Waals surface area (Å²) in [5.74, 6) is 2.33. The summed E-state index contributed by atoms with van der Waals surface area (Å²) in [5, 5.41) is 0. The van der Waals surface area contributed by atoms with Crippen LogP contribution in [0.3, 0.4) is 0 Å². The third-order valence-corrected chi connectivity index (χ3v) is 9.55. The maximum absolute atomic E-state index is 2.41. The third kappa shape index (κ3) is 4.74. The molecule has 0 atom stereocenters. The number of rotatable bonds is 1. The molecule has 0 radical (unpaired) electrons. The SMILES string of the molecule is C[Se][Si](C)(C)C. The second-order valence-corrected chi connectivity index (χ2v) is 17.2. The van der Waals surface area contributed by atoms with Gasteiger partial charge in [0.2, 0.25) is 0 Å². The molecule has 0 fully saturated rings. The zero-order valence-electron chi connectivity index (χ0n) is 4.91. The van der Waals surface area contributed by atoms with Gasteiger partial charge in [-0.3, -0.25) is 0 Å². The minimum atomic E-state index is -0.569.